The number of aromatic amines is 1. The molecule has 0 saturated heterocycles. The SMILES string of the molecule is CC(C)(C)[Si](OC[C@H](c1ccc(F)cn1)n1c(=O)[nH]c2cnc(-c3cnc4ccc(F)cn34)nc21)(c1ccccc1)c1ccccc1. The molecule has 1 atom stereocenters. The van der Waals surface area contributed by atoms with Gasteiger partial charge in [0.2, 0.25) is 0 Å². The van der Waals surface area contributed by atoms with E-state index in [-0.39, 0.29) is 23.1 Å². The largest absolute Gasteiger partial charge is 0.405 e. The number of pyridine rings is 2. The van der Waals surface area contributed by atoms with Crippen molar-refractivity contribution >= 4 is 35.5 Å². The highest BCUT2D eigenvalue weighted by Gasteiger charge is 2.50. The van der Waals surface area contributed by atoms with Gasteiger partial charge in [-0.25, -0.2) is 28.5 Å². The highest BCUT2D eigenvalue weighted by Crippen LogP contribution is 2.38. The molecule has 0 fully saturated rings. The van der Waals surface area contributed by atoms with E-state index in [1.54, 1.807) is 22.7 Å². The molecule has 7 rings (SSSR count). The van der Waals surface area contributed by atoms with Crippen LogP contribution in [-0.2, 0) is 4.43 Å². The zero-order chi connectivity index (χ0) is 32.8. The number of aromatic nitrogens is 7. The van der Waals surface area contributed by atoms with E-state index in [0.717, 1.165) is 16.6 Å². The van der Waals surface area contributed by atoms with Gasteiger partial charge in [0.05, 0.1) is 30.9 Å². The van der Waals surface area contributed by atoms with Crippen molar-refractivity contribution in [2.24, 2.45) is 0 Å². The summed E-state index contributed by atoms with van der Waals surface area (Å²) in [5.74, 6) is -0.711. The average molecular weight is 648 g/mol. The molecule has 5 aromatic heterocycles. The average Bonchev–Trinajstić information content (AvgIpc) is 3.63. The van der Waals surface area contributed by atoms with Crippen LogP contribution in [0.4, 0.5) is 8.78 Å². The topological polar surface area (TPSA) is 103 Å². The minimum Gasteiger partial charge on any atom is -0.405 e. The Morgan fingerprint density at radius 3 is 2.15 bits per heavy atom. The number of nitrogens with one attached hydrogen (secondary N) is 1. The number of H-pyrrole nitrogens is 1. The van der Waals surface area contributed by atoms with E-state index in [2.05, 4.69) is 65.0 Å². The summed E-state index contributed by atoms with van der Waals surface area (Å²) in [5.41, 5.74) is 1.59. The second kappa shape index (κ2) is 11.8. The monoisotopic (exact) mass is 647 g/mol. The molecule has 0 bridgehead atoms. The molecule has 0 unspecified atom stereocenters. The van der Waals surface area contributed by atoms with Crippen molar-refractivity contribution in [3.63, 3.8) is 0 Å². The van der Waals surface area contributed by atoms with Gasteiger partial charge < -0.3 is 9.41 Å². The second-order valence-electron chi connectivity index (χ2n) is 12.3. The number of fused-ring (bicyclic) bond motifs is 2. The van der Waals surface area contributed by atoms with Crippen LogP contribution in [0.15, 0.2) is 115 Å². The van der Waals surface area contributed by atoms with Gasteiger partial charge in [-0.1, -0.05) is 81.4 Å². The Labute approximate surface area is 269 Å². The van der Waals surface area contributed by atoms with Crippen molar-refractivity contribution in [3.05, 3.63) is 138 Å². The van der Waals surface area contributed by atoms with Crippen LogP contribution in [0.3, 0.4) is 0 Å². The highest BCUT2D eigenvalue weighted by atomic mass is 28.4. The van der Waals surface area contributed by atoms with Gasteiger partial charge in [0, 0.05) is 6.20 Å². The maximum absolute atomic E-state index is 14.2. The van der Waals surface area contributed by atoms with Crippen molar-refractivity contribution in [1.29, 1.82) is 0 Å². The third kappa shape index (κ3) is 5.34. The van der Waals surface area contributed by atoms with Gasteiger partial charge in [0.25, 0.3) is 8.32 Å². The summed E-state index contributed by atoms with van der Waals surface area (Å²) in [5, 5.41) is 1.80. The molecule has 0 saturated carbocycles. The van der Waals surface area contributed by atoms with Gasteiger partial charge in [0.15, 0.2) is 11.5 Å². The van der Waals surface area contributed by atoms with E-state index in [0.29, 0.717) is 22.6 Å². The molecule has 7 aromatic rings. The Morgan fingerprint density at radius 2 is 1.51 bits per heavy atom. The molecule has 0 radical (unpaired) electrons. The smallest absolute Gasteiger partial charge is 0.328 e. The van der Waals surface area contributed by atoms with Crippen LogP contribution < -0.4 is 16.1 Å². The Hall–Kier alpha value is -5.33. The fourth-order valence-corrected chi connectivity index (χ4v) is 10.9. The normalized spacial score (nSPS) is 13.0. The molecule has 236 valence electrons. The maximum Gasteiger partial charge on any atom is 0.328 e. The van der Waals surface area contributed by atoms with Crippen LogP contribution in [0.5, 0.6) is 0 Å². The Balaban J connectivity index is 1.40. The molecule has 0 aliphatic rings. The van der Waals surface area contributed by atoms with Crippen LogP contribution in [0.1, 0.15) is 32.5 Å². The molecule has 0 aliphatic heterocycles. The van der Waals surface area contributed by atoms with E-state index in [1.807, 2.05) is 36.4 Å². The molecule has 5 heterocycles. The highest BCUT2D eigenvalue weighted by molar-refractivity contribution is 6.99. The van der Waals surface area contributed by atoms with E-state index in [9.17, 15) is 13.6 Å². The number of benzene rings is 2. The van der Waals surface area contributed by atoms with Crippen molar-refractivity contribution in [3.8, 4) is 11.5 Å². The fraction of sp³-hybridized carbons (Fsp3) is 0.171. The molecule has 1 N–H and O–H groups in total. The molecule has 2 aromatic carbocycles. The molecule has 9 nitrogen and oxygen atoms in total. The summed E-state index contributed by atoms with van der Waals surface area (Å²) >= 11 is 0. The molecule has 0 amide bonds. The lowest BCUT2D eigenvalue weighted by Crippen LogP contribution is -2.67. The number of halogens is 2. The molecule has 0 spiro atoms. The first-order valence-electron chi connectivity index (χ1n) is 15.1. The number of hydrogen-bond acceptors (Lipinski definition) is 6. The van der Waals surface area contributed by atoms with Gasteiger partial charge in [-0.15, -0.1) is 0 Å². The minimum atomic E-state index is -3.05. The second-order valence-corrected chi connectivity index (χ2v) is 16.6. The summed E-state index contributed by atoms with van der Waals surface area (Å²) in [6.45, 7) is 6.53. The van der Waals surface area contributed by atoms with Gasteiger partial charge in [-0.05, 0) is 39.7 Å². The molecular formula is C35H31F2N7O2Si. The van der Waals surface area contributed by atoms with Crippen LogP contribution in [-0.4, -0.2) is 48.8 Å². The molecule has 12 heteroatoms. The number of hydrogen-bond donors (Lipinski definition) is 1. The third-order valence-corrected chi connectivity index (χ3v) is 13.4. The first kappa shape index (κ1) is 30.3. The van der Waals surface area contributed by atoms with Gasteiger partial charge in [-0.2, -0.15) is 0 Å². The Bertz CT molecular complexity index is 2210. The fourth-order valence-electron chi connectivity index (χ4n) is 6.29. The first-order chi connectivity index (χ1) is 22.7. The number of nitrogens with zero attached hydrogens (tertiary/aromatic N) is 6. The van der Waals surface area contributed by atoms with Crippen molar-refractivity contribution in [1.82, 2.24) is 33.9 Å². The summed E-state index contributed by atoms with van der Waals surface area (Å²) < 4.78 is 38.6. The summed E-state index contributed by atoms with van der Waals surface area (Å²) in [4.78, 5) is 34.6. The summed E-state index contributed by atoms with van der Waals surface area (Å²) in [7, 11) is -3.05. The van der Waals surface area contributed by atoms with Gasteiger partial charge in [-0.3, -0.25) is 14.0 Å². The lowest BCUT2D eigenvalue weighted by Gasteiger charge is -2.43. The van der Waals surface area contributed by atoms with Gasteiger partial charge in [0.1, 0.15) is 34.5 Å². The number of rotatable bonds is 8. The predicted octanol–water partition coefficient (Wildman–Crippen LogP) is 5.27. The van der Waals surface area contributed by atoms with E-state index < -0.39 is 31.7 Å². The van der Waals surface area contributed by atoms with E-state index in [4.69, 9.17) is 9.41 Å². The van der Waals surface area contributed by atoms with Gasteiger partial charge >= 0.3 is 5.69 Å². The Kier molecular flexibility index (Phi) is 7.61. The van der Waals surface area contributed by atoms with Crippen molar-refractivity contribution < 1.29 is 13.2 Å². The van der Waals surface area contributed by atoms with Crippen LogP contribution >= 0.6 is 0 Å². The maximum atomic E-state index is 14.2. The summed E-state index contributed by atoms with van der Waals surface area (Å²) in [6.07, 6.45) is 5.49. The van der Waals surface area contributed by atoms with E-state index >= 15 is 0 Å². The number of imidazole rings is 2. The van der Waals surface area contributed by atoms with Crippen molar-refractivity contribution in [2.45, 2.75) is 31.9 Å². The zero-order valence-corrected chi connectivity index (χ0v) is 26.9. The minimum absolute atomic E-state index is 0.0267. The van der Waals surface area contributed by atoms with Crippen LogP contribution in [0, 0.1) is 11.6 Å². The zero-order valence-electron chi connectivity index (χ0n) is 25.9. The molecular weight excluding hydrogens is 617 g/mol. The third-order valence-electron chi connectivity index (χ3n) is 8.43. The molecule has 47 heavy (non-hydrogen) atoms. The molecule has 0 aliphatic carbocycles. The van der Waals surface area contributed by atoms with Crippen LogP contribution in [0.25, 0.3) is 28.3 Å². The Morgan fingerprint density at radius 1 is 0.830 bits per heavy atom. The summed E-state index contributed by atoms with van der Waals surface area (Å²) in [6, 6.07) is 25.3. The lowest BCUT2D eigenvalue weighted by atomic mass is 10.2. The van der Waals surface area contributed by atoms with E-state index in [1.165, 1.54) is 29.1 Å². The first-order valence-corrected chi connectivity index (χ1v) is 17.0. The standard InChI is InChI=1S/C35H31F2N7O2Si/c1-35(2,3)47(25-10-6-4-7-11-25,26-12-8-5-9-13-26)46-22-30(27-16-14-23(36)18-38-27)44-33-28(41-34(44)45)19-40-32(42-33)29-20-39-31-17-15-24(37)21-43(29)31/h4-21,30H,22H2,1-3H3,(H,41,45)/t30-/m1/s1. The van der Waals surface area contributed by atoms with Crippen molar-refractivity contribution in [2.75, 3.05) is 6.61 Å². The lowest BCUT2D eigenvalue weighted by molar-refractivity contribution is 0.253. The predicted molar refractivity (Wildman–Crippen MR) is 178 cm³/mol. The quantitative estimate of drug-likeness (QED) is 0.226. The van der Waals surface area contributed by atoms with Crippen LogP contribution in [0.2, 0.25) is 5.04 Å².